The largest absolute Gasteiger partial charge is 0.467 e. The summed E-state index contributed by atoms with van der Waals surface area (Å²) >= 11 is 0. The van der Waals surface area contributed by atoms with Crippen LogP contribution in [0.15, 0.2) is 27.8 Å². The molecule has 0 aliphatic carbocycles. The number of rotatable bonds is 6. The molecule has 0 radical (unpaired) electrons. The average molecular weight is 307 g/mol. The van der Waals surface area contributed by atoms with Crippen LogP contribution in [0.25, 0.3) is 0 Å². The number of nitrogens with one attached hydrogen (secondary N) is 2. The highest BCUT2D eigenvalue weighted by molar-refractivity contribution is 5.79. The van der Waals surface area contributed by atoms with Gasteiger partial charge in [-0.15, -0.1) is 0 Å². The predicted octanol–water partition coefficient (Wildman–Crippen LogP) is 0.828. The minimum absolute atomic E-state index is 0.588. The number of aliphatic imine (C=N–C) groups is 1. The first-order valence-corrected chi connectivity index (χ1v) is 8.05. The van der Waals surface area contributed by atoms with Crippen molar-refractivity contribution < 1.29 is 4.42 Å². The summed E-state index contributed by atoms with van der Waals surface area (Å²) in [7, 11) is 3.99. The molecule has 2 rings (SSSR count). The van der Waals surface area contributed by atoms with Crippen molar-refractivity contribution in [1.29, 1.82) is 0 Å². The molecule has 1 unspecified atom stereocenters. The van der Waals surface area contributed by atoms with Crippen molar-refractivity contribution in [3.63, 3.8) is 0 Å². The number of hydrogen-bond acceptors (Lipinski definition) is 4. The molecule has 1 atom stereocenters. The van der Waals surface area contributed by atoms with Gasteiger partial charge in [-0.1, -0.05) is 6.92 Å². The smallest absolute Gasteiger partial charge is 0.191 e. The molecular formula is C16H29N5O. The average Bonchev–Trinajstić information content (AvgIpc) is 3.03. The van der Waals surface area contributed by atoms with Crippen LogP contribution >= 0.6 is 0 Å². The van der Waals surface area contributed by atoms with Crippen molar-refractivity contribution in [2.24, 2.45) is 10.9 Å². The third-order valence-electron chi connectivity index (χ3n) is 4.02. The van der Waals surface area contributed by atoms with Crippen LogP contribution in [0.2, 0.25) is 0 Å². The van der Waals surface area contributed by atoms with Gasteiger partial charge in [0.15, 0.2) is 5.96 Å². The molecule has 6 heteroatoms. The second-order valence-corrected chi connectivity index (χ2v) is 6.10. The van der Waals surface area contributed by atoms with Gasteiger partial charge in [-0.05, 0) is 25.1 Å². The van der Waals surface area contributed by atoms with E-state index in [1.807, 2.05) is 12.1 Å². The molecule has 6 nitrogen and oxygen atoms in total. The Morgan fingerprint density at radius 3 is 2.73 bits per heavy atom. The van der Waals surface area contributed by atoms with Crippen molar-refractivity contribution in [2.45, 2.75) is 13.5 Å². The SMILES string of the molecule is CN=C(NCc1ccco1)NCC(C)CN1CCN(C)CC1. The first-order valence-electron chi connectivity index (χ1n) is 8.05. The predicted molar refractivity (Wildman–Crippen MR) is 90.0 cm³/mol. The summed E-state index contributed by atoms with van der Waals surface area (Å²) in [5.74, 6) is 2.32. The van der Waals surface area contributed by atoms with Crippen LogP contribution < -0.4 is 10.6 Å². The minimum Gasteiger partial charge on any atom is -0.467 e. The van der Waals surface area contributed by atoms with E-state index < -0.39 is 0 Å². The molecule has 1 aromatic rings. The maximum atomic E-state index is 5.31. The van der Waals surface area contributed by atoms with E-state index in [1.165, 1.54) is 26.2 Å². The highest BCUT2D eigenvalue weighted by Gasteiger charge is 2.16. The zero-order valence-corrected chi connectivity index (χ0v) is 14.0. The number of hydrogen-bond donors (Lipinski definition) is 2. The van der Waals surface area contributed by atoms with Crippen LogP contribution in [0.3, 0.4) is 0 Å². The van der Waals surface area contributed by atoms with E-state index >= 15 is 0 Å². The first-order chi connectivity index (χ1) is 10.7. The Hall–Kier alpha value is -1.53. The van der Waals surface area contributed by atoms with Crippen LogP contribution in [0.1, 0.15) is 12.7 Å². The Labute approximate surface area is 133 Å². The molecular weight excluding hydrogens is 278 g/mol. The molecule has 0 aromatic carbocycles. The summed E-state index contributed by atoms with van der Waals surface area (Å²) in [4.78, 5) is 9.18. The van der Waals surface area contributed by atoms with Gasteiger partial charge in [0.2, 0.25) is 0 Å². The van der Waals surface area contributed by atoms with Crippen molar-refractivity contribution in [2.75, 3.05) is 53.4 Å². The van der Waals surface area contributed by atoms with E-state index in [4.69, 9.17) is 4.42 Å². The van der Waals surface area contributed by atoms with Gasteiger partial charge in [0.1, 0.15) is 5.76 Å². The molecule has 124 valence electrons. The molecule has 1 saturated heterocycles. The van der Waals surface area contributed by atoms with Crippen molar-refractivity contribution in [1.82, 2.24) is 20.4 Å². The molecule has 0 bridgehead atoms. The third-order valence-corrected chi connectivity index (χ3v) is 4.02. The number of furan rings is 1. The first kappa shape index (κ1) is 16.8. The topological polar surface area (TPSA) is 56.0 Å². The normalized spacial score (nSPS) is 19.1. The quantitative estimate of drug-likeness (QED) is 0.602. The Bertz CT molecular complexity index is 437. The van der Waals surface area contributed by atoms with Crippen LogP contribution in [0.4, 0.5) is 0 Å². The lowest BCUT2D eigenvalue weighted by Crippen LogP contribution is -2.47. The summed E-state index contributed by atoms with van der Waals surface area (Å²) in [5.41, 5.74) is 0. The second kappa shape index (κ2) is 8.80. The maximum absolute atomic E-state index is 5.31. The van der Waals surface area contributed by atoms with E-state index in [-0.39, 0.29) is 0 Å². The van der Waals surface area contributed by atoms with Gasteiger partial charge in [0, 0.05) is 46.3 Å². The molecule has 1 fully saturated rings. The third kappa shape index (κ3) is 5.69. The van der Waals surface area contributed by atoms with E-state index in [1.54, 1.807) is 13.3 Å². The number of guanidine groups is 1. The highest BCUT2D eigenvalue weighted by atomic mass is 16.3. The Morgan fingerprint density at radius 1 is 1.32 bits per heavy atom. The molecule has 1 aromatic heterocycles. The summed E-state index contributed by atoms with van der Waals surface area (Å²) < 4.78 is 5.31. The summed E-state index contributed by atoms with van der Waals surface area (Å²) in [6.07, 6.45) is 1.69. The zero-order chi connectivity index (χ0) is 15.8. The number of likely N-dealkylation sites (N-methyl/N-ethyl adjacent to an activating group) is 1. The molecule has 2 heterocycles. The lowest BCUT2D eigenvalue weighted by molar-refractivity contribution is 0.139. The van der Waals surface area contributed by atoms with Gasteiger partial charge in [-0.3, -0.25) is 4.99 Å². The van der Waals surface area contributed by atoms with E-state index in [2.05, 4.69) is 39.4 Å². The fourth-order valence-corrected chi connectivity index (χ4v) is 2.61. The summed E-state index contributed by atoms with van der Waals surface area (Å²) in [5, 5.41) is 6.65. The van der Waals surface area contributed by atoms with Crippen molar-refractivity contribution in [3.8, 4) is 0 Å². The lowest BCUT2D eigenvalue weighted by Gasteiger charge is -2.34. The summed E-state index contributed by atoms with van der Waals surface area (Å²) in [6, 6.07) is 3.85. The molecule has 0 saturated carbocycles. The van der Waals surface area contributed by atoms with Gasteiger partial charge in [-0.25, -0.2) is 0 Å². The fraction of sp³-hybridized carbons (Fsp3) is 0.688. The van der Waals surface area contributed by atoms with Gasteiger partial charge < -0.3 is 24.9 Å². The van der Waals surface area contributed by atoms with Crippen LogP contribution in [-0.4, -0.2) is 69.1 Å². The number of piperazine rings is 1. The van der Waals surface area contributed by atoms with Gasteiger partial charge >= 0.3 is 0 Å². The van der Waals surface area contributed by atoms with Crippen LogP contribution in [-0.2, 0) is 6.54 Å². The van der Waals surface area contributed by atoms with Gasteiger partial charge in [0.05, 0.1) is 12.8 Å². The van der Waals surface area contributed by atoms with Crippen molar-refractivity contribution >= 4 is 5.96 Å². The Morgan fingerprint density at radius 2 is 2.09 bits per heavy atom. The van der Waals surface area contributed by atoms with E-state index in [0.29, 0.717) is 12.5 Å². The van der Waals surface area contributed by atoms with Crippen LogP contribution in [0, 0.1) is 5.92 Å². The Balaban J connectivity index is 1.64. The van der Waals surface area contributed by atoms with Crippen molar-refractivity contribution in [3.05, 3.63) is 24.2 Å². The van der Waals surface area contributed by atoms with Gasteiger partial charge in [-0.2, -0.15) is 0 Å². The summed E-state index contributed by atoms with van der Waals surface area (Å²) in [6.45, 7) is 9.68. The maximum Gasteiger partial charge on any atom is 0.191 e. The monoisotopic (exact) mass is 307 g/mol. The Kier molecular flexibility index (Phi) is 6.74. The highest BCUT2D eigenvalue weighted by Crippen LogP contribution is 2.04. The molecule has 22 heavy (non-hydrogen) atoms. The second-order valence-electron chi connectivity index (χ2n) is 6.10. The molecule has 1 aliphatic rings. The van der Waals surface area contributed by atoms with Crippen LogP contribution in [0.5, 0.6) is 0 Å². The zero-order valence-electron chi connectivity index (χ0n) is 14.0. The van der Waals surface area contributed by atoms with E-state index in [0.717, 1.165) is 24.8 Å². The van der Waals surface area contributed by atoms with E-state index in [9.17, 15) is 0 Å². The number of nitrogens with zero attached hydrogens (tertiary/aromatic N) is 3. The minimum atomic E-state index is 0.588. The molecule has 0 amide bonds. The molecule has 1 aliphatic heterocycles. The fourth-order valence-electron chi connectivity index (χ4n) is 2.61. The standard InChI is InChI=1S/C16H29N5O/c1-14(13-21-8-6-20(3)7-9-21)11-18-16(17-2)19-12-15-5-4-10-22-15/h4-5,10,14H,6-9,11-13H2,1-3H3,(H2,17,18,19). The lowest BCUT2D eigenvalue weighted by atomic mass is 10.1. The molecule has 2 N–H and O–H groups in total. The van der Waals surface area contributed by atoms with Gasteiger partial charge in [0.25, 0.3) is 0 Å². The molecule has 0 spiro atoms.